The summed E-state index contributed by atoms with van der Waals surface area (Å²) in [5.41, 5.74) is 0. The first kappa shape index (κ1) is 90.4. The SMILES string of the molecule is O=C(O)[C@H]1C[C@H](O)[C@H](OS(=O)(=O)O)[C@H](O[C@H]2[C@H](O)[C@@H](NS(=O)(=O)O)[C@@H](O[C@H]3[C@H](O)[C@@H](OS(=O)(=O)O)[C@H](O[C@H]4[C@H](O)[C@@H](NS(=O)(=O)O)[C@@H](O[C@H]5[C@H](O)[C@@H](OS(=O)(=O)O)[C@H](O[C@H]6[C@H](O)[C@@H](NS(=O)(=O)O)[C@@H](O)O[C@@H]6COS(=O)(=O)O)O[C@H]5C(=O)O)O[C@@H]4COS(=O)(=O)O)O[C@H]3C(=O)O)O[C@@H]2COS(=O)(=O)O)O1. The average Bonchev–Trinajstić information content (AvgIpc) is 0.763. The Morgan fingerprint density at radius 2 is 0.610 bits per heavy atom. The number of carbonyl (C=O) groups is 3. The van der Waals surface area contributed by atoms with Gasteiger partial charge in [0.15, 0.2) is 74.4 Å². The molecule has 0 amide bonds. The van der Waals surface area contributed by atoms with Crippen LogP contribution in [0.5, 0.6) is 0 Å². The van der Waals surface area contributed by atoms with Crippen molar-refractivity contribution in [2.45, 2.75) is 184 Å². The van der Waals surface area contributed by atoms with Crippen LogP contribution >= 0.6 is 0 Å². The molecule has 22 N–H and O–H groups in total. The minimum Gasteiger partial charge on any atom is -0.479 e. The lowest BCUT2D eigenvalue weighted by atomic mass is 9.94. The maximum atomic E-state index is 13.2. The van der Waals surface area contributed by atoms with Gasteiger partial charge in [-0.25, -0.2) is 39.5 Å². The van der Waals surface area contributed by atoms with E-state index >= 15 is 0 Å². The average molecular weight is 1730 g/mol. The molecule has 0 aliphatic carbocycles. The first-order valence-corrected chi connectivity index (χ1v) is 39.7. The third-order valence-corrected chi connectivity index (χ3v) is 18.8. The first-order chi connectivity index (χ1) is 47.5. The van der Waals surface area contributed by atoms with Gasteiger partial charge in [0.2, 0.25) is 0 Å². The van der Waals surface area contributed by atoms with E-state index in [9.17, 15) is 182 Å². The fourth-order valence-electron chi connectivity index (χ4n) is 10.4. The predicted molar refractivity (Wildman–Crippen MR) is 299 cm³/mol. The van der Waals surface area contributed by atoms with Crippen LogP contribution in [-0.2, 0) is 185 Å². The molecule has 6 heterocycles. The molecular formula is C36H59N3O57S9. The maximum absolute atomic E-state index is 13.2. The number of nitrogens with one attached hydrogen (secondary N) is 3. The monoisotopic (exact) mass is 1730 g/mol. The van der Waals surface area contributed by atoms with E-state index in [0.29, 0.717) is 0 Å². The highest BCUT2D eigenvalue weighted by Gasteiger charge is 2.62. The number of hydrogen-bond acceptors (Lipinski definition) is 45. The topological polar surface area (TPSA) is 936 Å². The van der Waals surface area contributed by atoms with Gasteiger partial charge in [-0.2, -0.15) is 89.9 Å². The van der Waals surface area contributed by atoms with Crippen LogP contribution in [0.15, 0.2) is 0 Å². The summed E-state index contributed by atoms with van der Waals surface area (Å²) in [4.78, 5) is 38.1. The maximum Gasteiger partial charge on any atom is 0.397 e. The van der Waals surface area contributed by atoms with Gasteiger partial charge in [-0.3, -0.25) is 41.0 Å². The van der Waals surface area contributed by atoms with Gasteiger partial charge in [0.25, 0.3) is 0 Å². The normalized spacial score (nSPS) is 38.9. The van der Waals surface area contributed by atoms with E-state index in [1.165, 1.54) is 9.44 Å². The van der Waals surface area contributed by atoms with Gasteiger partial charge in [-0.05, 0) is 0 Å². The van der Waals surface area contributed by atoms with Gasteiger partial charge >= 0.3 is 111 Å². The highest BCUT2D eigenvalue weighted by atomic mass is 32.3. The number of aliphatic hydroxyl groups excluding tert-OH is 7. The van der Waals surface area contributed by atoms with Crippen molar-refractivity contribution in [2.75, 3.05) is 19.8 Å². The first-order valence-electron chi connectivity index (χ1n) is 27.2. The molecule has 614 valence electrons. The second-order valence-corrected chi connectivity index (χ2v) is 31.7. The fourth-order valence-corrected chi connectivity index (χ4v) is 14.6. The van der Waals surface area contributed by atoms with Crippen LogP contribution in [-0.4, -0.2) is 383 Å². The van der Waals surface area contributed by atoms with Crippen LogP contribution in [0.2, 0.25) is 0 Å². The van der Waals surface area contributed by atoms with E-state index in [1.54, 1.807) is 0 Å². The van der Waals surface area contributed by atoms with Crippen LogP contribution in [0, 0.1) is 0 Å². The van der Waals surface area contributed by atoms with Gasteiger partial charge in [-0.15, -0.1) is 0 Å². The third-order valence-electron chi connectivity index (χ3n) is 14.4. The summed E-state index contributed by atoms with van der Waals surface area (Å²) in [5, 5.41) is 110. The third kappa shape index (κ3) is 26.3. The van der Waals surface area contributed by atoms with Crippen molar-refractivity contribution in [1.29, 1.82) is 0 Å². The summed E-state index contributed by atoms with van der Waals surface area (Å²) in [6.45, 7) is -5.53. The number of hydrogen-bond donors (Lipinski definition) is 22. The lowest BCUT2D eigenvalue weighted by molar-refractivity contribution is -0.374. The predicted octanol–water partition coefficient (Wildman–Crippen LogP) is -15.6. The number of carboxylic acids is 3. The molecule has 6 fully saturated rings. The Kier molecular flexibility index (Phi) is 29.5. The Morgan fingerprint density at radius 3 is 0.905 bits per heavy atom. The van der Waals surface area contributed by atoms with Crippen LogP contribution in [0.3, 0.4) is 0 Å². The molecule has 69 heteroatoms. The molecule has 0 aromatic heterocycles. The quantitative estimate of drug-likeness (QED) is 0.0266. The smallest absolute Gasteiger partial charge is 0.397 e. The largest absolute Gasteiger partial charge is 0.479 e. The van der Waals surface area contributed by atoms with Crippen molar-refractivity contribution in [3.63, 3.8) is 0 Å². The summed E-state index contributed by atoms with van der Waals surface area (Å²) in [7, 11) is -53.3. The molecule has 60 nitrogen and oxygen atoms in total. The van der Waals surface area contributed by atoms with Crippen molar-refractivity contribution >= 4 is 111 Å². The highest BCUT2D eigenvalue weighted by Crippen LogP contribution is 2.40. The summed E-state index contributed by atoms with van der Waals surface area (Å²) in [5.74, 6) is -7.11. The zero-order valence-electron chi connectivity index (χ0n) is 50.3. The number of carboxylic acid groups (broad SMARTS) is 3. The molecular weight excluding hydrogens is 1670 g/mol. The zero-order valence-corrected chi connectivity index (χ0v) is 57.6. The van der Waals surface area contributed by atoms with Crippen molar-refractivity contribution in [3.05, 3.63) is 0 Å². The lowest BCUT2D eigenvalue weighted by Crippen LogP contribution is -2.71. The van der Waals surface area contributed by atoms with Crippen molar-refractivity contribution in [3.8, 4) is 0 Å². The lowest BCUT2D eigenvalue weighted by Gasteiger charge is -2.50. The fraction of sp³-hybridized carbons (Fsp3) is 0.917. The number of ether oxygens (including phenoxy) is 11. The van der Waals surface area contributed by atoms with E-state index in [-0.39, 0.29) is 0 Å². The summed E-state index contributed by atoms with van der Waals surface area (Å²) in [6.07, 6.45) is -79.0. The molecule has 6 aliphatic rings. The van der Waals surface area contributed by atoms with Gasteiger partial charge in [-0.1, -0.05) is 0 Å². The Balaban J connectivity index is 1.41. The Hall–Kier alpha value is -3.48. The van der Waals surface area contributed by atoms with E-state index in [1.807, 2.05) is 0 Å². The molecule has 6 saturated heterocycles. The Labute approximate surface area is 586 Å². The molecule has 6 rings (SSSR count). The van der Waals surface area contributed by atoms with Gasteiger partial charge in [0.1, 0.15) is 97.5 Å². The molecule has 0 bridgehead atoms. The second kappa shape index (κ2) is 34.2. The van der Waals surface area contributed by atoms with Crippen molar-refractivity contribution in [1.82, 2.24) is 14.2 Å². The molecule has 0 aromatic rings. The number of rotatable bonds is 34. The van der Waals surface area contributed by atoms with Gasteiger partial charge < -0.3 is 103 Å². The molecule has 0 saturated carbocycles. The van der Waals surface area contributed by atoms with Crippen LogP contribution in [0.25, 0.3) is 0 Å². The summed E-state index contributed by atoms with van der Waals surface area (Å²) in [6, 6.07) is -8.75. The van der Waals surface area contributed by atoms with Gasteiger partial charge in [0.05, 0.1) is 25.9 Å². The minimum absolute atomic E-state index is 1.12. The summed E-state index contributed by atoms with van der Waals surface area (Å²) >= 11 is 0. The summed E-state index contributed by atoms with van der Waals surface area (Å²) < 4.78 is 391. The molecule has 6 aliphatic heterocycles. The zero-order chi connectivity index (χ0) is 79.9. The van der Waals surface area contributed by atoms with E-state index in [2.05, 4.69) is 25.1 Å². The van der Waals surface area contributed by atoms with E-state index in [0.717, 1.165) is 4.72 Å². The molecule has 105 heavy (non-hydrogen) atoms. The molecule has 0 spiro atoms. The van der Waals surface area contributed by atoms with E-state index in [4.69, 9.17) is 52.1 Å². The van der Waals surface area contributed by atoms with E-state index < -0.39 is 315 Å². The Morgan fingerprint density at radius 1 is 0.324 bits per heavy atom. The minimum atomic E-state index is -6.33. The molecule has 0 aromatic carbocycles. The highest BCUT2D eigenvalue weighted by molar-refractivity contribution is 7.84. The van der Waals surface area contributed by atoms with Crippen LogP contribution in [0.4, 0.5) is 0 Å². The van der Waals surface area contributed by atoms with Crippen LogP contribution < -0.4 is 14.2 Å². The number of aliphatic carboxylic acids is 3. The van der Waals surface area contributed by atoms with Crippen molar-refractivity contribution < 1.29 is 259 Å². The van der Waals surface area contributed by atoms with Crippen LogP contribution in [0.1, 0.15) is 6.42 Å². The molecule has 0 radical (unpaired) electrons. The molecule has 0 unspecified atom stereocenters. The number of aliphatic hydroxyl groups is 7. The molecule has 29 atom stereocenters. The Bertz CT molecular complexity index is 4150. The van der Waals surface area contributed by atoms with Gasteiger partial charge in [0, 0.05) is 6.42 Å². The standard InChI is InChI=1S/C36H59N3O57S9/c40-5-1-6(28(46)47)84-34(18(5)94-103(71,72)73)87-20-8(3-81-101(65,66)67)85-32(11(14(20)42)38-98(56,57)58)90-23-17(45)25(96-105(77,78)79)36(93-27(23)30(50)51)89-21-9(4-82-102(68,69)70)86-33(12(15(21)43)39-99(59,60)61)91-22-16(44)24(95-104(74,75)76)35(92-26(22)29(48)49)88-19-7(2-80-100(62,63)64)83-31(52)10(13(19)41)37-97(53,54)55/h5-27,31-45,52H,1-4H2,(H,46,47)(H,48,49)(H,50,51)(H,53,54,55)(H,56,57,58)(H,59,60,61)(H,62,63,64)(H,65,66,67)(H,68,69,70)(H,71,72,73)(H,74,75,76)(H,77,78,79)/t5-,6+,7+,8+,9+,10+,11+,12+,13+,14+,15+,16-,17-,18-,19+,20+,21+,22-,23-,24+,25+,26+,27+,31-,32+,33+,34-,35+,36+/m0/s1. The van der Waals surface area contributed by atoms with Crippen molar-refractivity contribution in [2.24, 2.45) is 0 Å². The second-order valence-electron chi connectivity index (χ2n) is 21.7.